The van der Waals surface area contributed by atoms with E-state index in [9.17, 15) is 5.11 Å². The van der Waals surface area contributed by atoms with Crippen molar-refractivity contribution in [2.45, 2.75) is 0 Å². The smallest absolute Gasteiger partial charge is 0.115 e. The molecule has 0 unspecified atom stereocenters. The van der Waals surface area contributed by atoms with Gasteiger partial charge in [0.25, 0.3) is 0 Å². The van der Waals surface area contributed by atoms with Crippen LogP contribution in [0, 0.1) is 0 Å². The Kier molecular flexibility index (Phi) is 2.78. The van der Waals surface area contributed by atoms with Crippen molar-refractivity contribution >= 4 is 39.7 Å². The highest BCUT2D eigenvalue weighted by Crippen LogP contribution is 2.18. The Morgan fingerprint density at radius 1 is 1.13 bits per heavy atom. The summed E-state index contributed by atoms with van der Waals surface area (Å²) in [4.78, 5) is 0.413. The average molecular weight is 348 g/mol. The summed E-state index contributed by atoms with van der Waals surface area (Å²) in [5.74, 6) is -0.124. The summed E-state index contributed by atoms with van der Waals surface area (Å²) in [7, 11) is 0. The SMILES string of the molecule is Br.Br.[2H]C1([2H])NC([2H])([2H])C([2H])([2H])N(c2ccc(O)cc2)C1([2H])[2H]. The van der Waals surface area contributed by atoms with Crippen LogP contribution in [-0.2, 0) is 0 Å². The molecular formula is C10H16Br2N2O. The maximum Gasteiger partial charge on any atom is 0.115 e. The zero-order valence-corrected chi connectivity index (χ0v) is 10.9. The monoisotopic (exact) mass is 346 g/mol. The summed E-state index contributed by atoms with van der Waals surface area (Å²) in [6.45, 7) is -11.4. The Hall–Kier alpha value is -0.260. The number of hydrogen-bond acceptors (Lipinski definition) is 3. The summed E-state index contributed by atoms with van der Waals surface area (Å²) in [5.41, 5.74) is -0.0861. The van der Waals surface area contributed by atoms with Crippen molar-refractivity contribution in [2.75, 3.05) is 30.9 Å². The lowest BCUT2D eigenvalue weighted by Gasteiger charge is -2.29. The molecule has 1 aromatic rings. The average Bonchev–Trinajstić information content (AvgIpc) is 2.28. The first kappa shape index (κ1) is 5.89. The Morgan fingerprint density at radius 2 is 1.67 bits per heavy atom. The van der Waals surface area contributed by atoms with Crippen molar-refractivity contribution < 1.29 is 16.1 Å². The zero-order chi connectivity index (χ0) is 16.3. The second-order valence-electron chi connectivity index (χ2n) is 2.45. The molecule has 0 spiro atoms. The largest absolute Gasteiger partial charge is 0.508 e. The third kappa shape index (κ3) is 4.01. The number of nitrogens with one attached hydrogen (secondary N) is 1. The van der Waals surface area contributed by atoms with E-state index in [0.717, 1.165) is 0 Å². The first-order valence-electron chi connectivity index (χ1n) is 7.72. The van der Waals surface area contributed by atoms with Gasteiger partial charge >= 0.3 is 0 Å². The summed E-state index contributed by atoms with van der Waals surface area (Å²) in [6, 6.07) is 4.77. The van der Waals surface area contributed by atoms with E-state index in [0.29, 0.717) is 4.90 Å². The van der Waals surface area contributed by atoms with Crippen molar-refractivity contribution in [2.24, 2.45) is 0 Å². The molecule has 1 saturated heterocycles. The van der Waals surface area contributed by atoms with Crippen LogP contribution in [0.2, 0.25) is 0 Å². The molecule has 86 valence electrons. The lowest BCUT2D eigenvalue weighted by Crippen LogP contribution is -2.43. The highest BCUT2D eigenvalue weighted by molar-refractivity contribution is 8.93. The zero-order valence-electron chi connectivity index (χ0n) is 15.5. The first-order valence-corrected chi connectivity index (χ1v) is 3.72. The van der Waals surface area contributed by atoms with Gasteiger partial charge in [-0.05, 0) is 24.3 Å². The predicted molar refractivity (Wildman–Crippen MR) is 73.8 cm³/mol. The van der Waals surface area contributed by atoms with Gasteiger partial charge in [-0.15, -0.1) is 34.0 Å². The van der Waals surface area contributed by atoms with Gasteiger partial charge in [-0.1, -0.05) is 0 Å². The van der Waals surface area contributed by atoms with Gasteiger partial charge in [-0.2, -0.15) is 0 Å². The number of benzene rings is 1. The highest BCUT2D eigenvalue weighted by Gasteiger charge is 2.09. The van der Waals surface area contributed by atoms with Crippen LogP contribution in [0.25, 0.3) is 0 Å². The minimum absolute atomic E-state index is 0. The molecule has 0 amide bonds. The van der Waals surface area contributed by atoms with E-state index in [2.05, 4.69) is 0 Å². The van der Waals surface area contributed by atoms with Crippen LogP contribution in [0.5, 0.6) is 5.75 Å². The second kappa shape index (κ2) is 7.09. The summed E-state index contributed by atoms with van der Waals surface area (Å²) in [6.07, 6.45) is 0. The summed E-state index contributed by atoms with van der Waals surface area (Å²) < 4.78 is 62.2. The van der Waals surface area contributed by atoms with Crippen molar-refractivity contribution in [3.63, 3.8) is 0 Å². The Bertz CT molecular complexity index is 528. The van der Waals surface area contributed by atoms with Crippen molar-refractivity contribution in [3.8, 4) is 5.75 Å². The fourth-order valence-corrected chi connectivity index (χ4v) is 0.958. The van der Waals surface area contributed by atoms with E-state index in [4.69, 9.17) is 11.0 Å². The second-order valence-corrected chi connectivity index (χ2v) is 2.45. The maximum atomic E-state index is 9.25. The van der Waals surface area contributed by atoms with Gasteiger partial charge in [0.2, 0.25) is 0 Å². The van der Waals surface area contributed by atoms with Crippen molar-refractivity contribution in [1.29, 1.82) is 0 Å². The molecule has 1 aliphatic rings. The fraction of sp³-hybridized carbons (Fsp3) is 0.400. The standard InChI is InChI=1S/C10H14N2O.2BrH/c13-10-3-1-9(2-4-10)12-7-5-11-6-8-12;;/h1-4,11,13H,5-8H2;2*1H/i5D2,6D2,7D2,8D2;;. The quantitative estimate of drug-likeness (QED) is 0.815. The highest BCUT2D eigenvalue weighted by atomic mass is 79.9. The maximum absolute atomic E-state index is 9.25. The first-order chi connectivity index (χ1) is 9.33. The number of phenolic OH excluding ortho intramolecular Hbond substituents is 1. The number of anilines is 1. The molecule has 0 saturated carbocycles. The third-order valence-electron chi connectivity index (χ3n) is 1.57. The predicted octanol–water partition coefficient (Wildman–Crippen LogP) is 1.96. The number of phenols is 1. The molecule has 1 aliphatic heterocycles. The molecule has 2 N–H and O–H groups in total. The fourth-order valence-electron chi connectivity index (χ4n) is 0.958. The van der Waals surface area contributed by atoms with Gasteiger partial charge in [0.05, 0.1) is 5.48 Å². The van der Waals surface area contributed by atoms with Crippen LogP contribution >= 0.6 is 34.0 Å². The third-order valence-corrected chi connectivity index (χ3v) is 1.57. The molecule has 0 aromatic heterocycles. The minimum atomic E-state index is -2.86. The molecular weight excluding hydrogens is 324 g/mol. The number of halogens is 2. The Balaban J connectivity index is 0.00000242. The molecule has 0 radical (unpaired) electrons. The van der Waals surface area contributed by atoms with Gasteiger partial charge in [-0.25, -0.2) is 0 Å². The lowest BCUT2D eigenvalue weighted by molar-refractivity contribution is 0.475. The van der Waals surface area contributed by atoms with Crippen LogP contribution in [0.1, 0.15) is 11.0 Å². The van der Waals surface area contributed by atoms with Crippen molar-refractivity contribution in [1.82, 2.24) is 5.32 Å². The molecule has 0 bridgehead atoms. The van der Waals surface area contributed by atoms with Gasteiger partial charge in [0, 0.05) is 37.2 Å². The van der Waals surface area contributed by atoms with Crippen molar-refractivity contribution in [3.05, 3.63) is 24.3 Å². The molecule has 15 heavy (non-hydrogen) atoms. The lowest BCUT2D eigenvalue weighted by atomic mass is 10.2. The van der Waals surface area contributed by atoms with Gasteiger partial charge in [0.1, 0.15) is 5.75 Å². The van der Waals surface area contributed by atoms with E-state index in [-0.39, 0.29) is 45.4 Å². The van der Waals surface area contributed by atoms with Crippen LogP contribution in [0.4, 0.5) is 5.69 Å². The molecule has 3 nitrogen and oxygen atoms in total. The van der Waals surface area contributed by atoms with Crippen LogP contribution < -0.4 is 10.2 Å². The van der Waals surface area contributed by atoms with E-state index < -0.39 is 26.0 Å². The number of aromatic hydroxyl groups is 1. The molecule has 2 rings (SSSR count). The topological polar surface area (TPSA) is 35.5 Å². The number of piperazine rings is 1. The van der Waals surface area contributed by atoms with E-state index in [1.54, 1.807) is 5.32 Å². The molecule has 5 heteroatoms. The molecule has 0 aliphatic carbocycles. The number of rotatable bonds is 1. The number of hydrogen-bond donors (Lipinski definition) is 2. The molecule has 0 atom stereocenters. The number of nitrogens with zero attached hydrogens (tertiary/aromatic N) is 1. The molecule has 1 aromatic carbocycles. The Labute approximate surface area is 122 Å². The van der Waals surface area contributed by atoms with E-state index in [1.165, 1.54) is 24.3 Å². The van der Waals surface area contributed by atoms with E-state index >= 15 is 0 Å². The Morgan fingerprint density at radius 3 is 2.20 bits per heavy atom. The van der Waals surface area contributed by atoms with Crippen LogP contribution in [0.15, 0.2) is 24.3 Å². The van der Waals surface area contributed by atoms with Crippen LogP contribution in [0.3, 0.4) is 0 Å². The molecule has 1 fully saturated rings. The van der Waals surface area contributed by atoms with Crippen LogP contribution in [-0.4, -0.2) is 31.1 Å². The van der Waals surface area contributed by atoms with Gasteiger partial charge in [0.15, 0.2) is 0 Å². The summed E-state index contributed by atoms with van der Waals surface area (Å²) in [5, 5.41) is 11.0. The normalized spacial score (nSPS) is 36.4. The van der Waals surface area contributed by atoms with Gasteiger partial charge < -0.3 is 15.3 Å². The van der Waals surface area contributed by atoms with Gasteiger partial charge in [-0.3, -0.25) is 0 Å². The molecule has 1 heterocycles. The van der Waals surface area contributed by atoms with E-state index in [1.807, 2.05) is 0 Å². The minimum Gasteiger partial charge on any atom is -0.508 e. The summed E-state index contributed by atoms with van der Waals surface area (Å²) >= 11 is 0.